The molecule has 1 aromatic carbocycles. The zero-order valence-corrected chi connectivity index (χ0v) is 10.1. The Labute approximate surface area is 93.6 Å². The maximum Gasteiger partial charge on any atom is 0.105 e. The van der Waals surface area contributed by atoms with Crippen molar-refractivity contribution in [1.82, 2.24) is 0 Å². The third-order valence-electron chi connectivity index (χ3n) is 3.18. The minimum absolute atomic E-state index is 0.614. The molecule has 0 aromatic heterocycles. The number of hydrogen-bond acceptors (Lipinski definition) is 0. The molecule has 0 aliphatic carbocycles. The van der Waals surface area contributed by atoms with Crippen LogP contribution in [0.15, 0.2) is 43.0 Å². The lowest BCUT2D eigenvalue weighted by molar-refractivity contribution is -0.937. The predicted octanol–water partition coefficient (Wildman–Crippen LogP) is 3.23. The van der Waals surface area contributed by atoms with Gasteiger partial charge in [-0.1, -0.05) is 36.9 Å². The fourth-order valence-electron chi connectivity index (χ4n) is 1.75. The van der Waals surface area contributed by atoms with Gasteiger partial charge in [0, 0.05) is 5.56 Å². The zero-order valence-electron chi connectivity index (χ0n) is 10.1. The van der Waals surface area contributed by atoms with Gasteiger partial charge in [-0.2, -0.15) is 0 Å². The van der Waals surface area contributed by atoms with Crippen LogP contribution in [0.3, 0.4) is 0 Å². The summed E-state index contributed by atoms with van der Waals surface area (Å²) in [6.07, 6.45) is 2.02. The van der Waals surface area contributed by atoms with Crippen molar-refractivity contribution in [2.45, 2.75) is 26.4 Å². The molecule has 0 radical (unpaired) electrons. The van der Waals surface area contributed by atoms with Gasteiger partial charge < -0.3 is 4.48 Å². The molecule has 15 heavy (non-hydrogen) atoms. The van der Waals surface area contributed by atoms with E-state index in [1.54, 1.807) is 0 Å². The highest BCUT2D eigenvalue weighted by molar-refractivity contribution is 5.13. The molecule has 1 atom stereocenters. The molecule has 1 heteroatoms. The number of hydrogen-bond donors (Lipinski definition) is 0. The summed E-state index contributed by atoms with van der Waals surface area (Å²) in [7, 11) is 2.29. The molecule has 0 saturated heterocycles. The average Bonchev–Trinajstić information content (AvgIpc) is 2.19. The van der Waals surface area contributed by atoms with Crippen LogP contribution in [0.1, 0.15) is 19.4 Å². The lowest BCUT2D eigenvalue weighted by atomic mass is 10.1. The normalized spacial score (nSPS) is 14.9. The van der Waals surface area contributed by atoms with Crippen LogP contribution >= 0.6 is 0 Å². The summed E-state index contributed by atoms with van der Waals surface area (Å²) in [6, 6.07) is 11.3. The summed E-state index contributed by atoms with van der Waals surface area (Å²) < 4.78 is 1.02. The summed E-state index contributed by atoms with van der Waals surface area (Å²) in [4.78, 5) is 0. The minimum atomic E-state index is 0.614. The first-order valence-electron chi connectivity index (χ1n) is 5.57. The lowest BCUT2D eigenvalue weighted by Gasteiger charge is -2.37. The van der Waals surface area contributed by atoms with Gasteiger partial charge in [0.05, 0.1) is 19.6 Å². The maximum absolute atomic E-state index is 3.85. The van der Waals surface area contributed by atoms with E-state index < -0.39 is 0 Å². The van der Waals surface area contributed by atoms with E-state index in [0.717, 1.165) is 17.6 Å². The van der Waals surface area contributed by atoms with E-state index in [4.69, 9.17) is 0 Å². The van der Waals surface area contributed by atoms with E-state index in [9.17, 15) is 0 Å². The van der Waals surface area contributed by atoms with Crippen molar-refractivity contribution in [2.75, 3.05) is 13.6 Å². The van der Waals surface area contributed by atoms with Crippen LogP contribution in [0, 0.1) is 0 Å². The number of quaternary nitrogens is 1. The minimum Gasteiger partial charge on any atom is -0.317 e. The Bertz CT molecular complexity index is 302. The van der Waals surface area contributed by atoms with Crippen LogP contribution in [0.5, 0.6) is 0 Å². The van der Waals surface area contributed by atoms with E-state index in [1.807, 2.05) is 6.08 Å². The molecule has 0 fully saturated rings. The molecule has 1 aromatic rings. The van der Waals surface area contributed by atoms with Crippen molar-refractivity contribution in [3.05, 3.63) is 48.6 Å². The van der Waals surface area contributed by atoms with Crippen molar-refractivity contribution >= 4 is 0 Å². The highest BCUT2D eigenvalue weighted by Gasteiger charge is 2.24. The highest BCUT2D eigenvalue weighted by atomic mass is 15.3. The Morgan fingerprint density at radius 3 is 2.33 bits per heavy atom. The molecule has 82 valence electrons. The second-order valence-corrected chi connectivity index (χ2v) is 4.69. The zero-order chi connectivity index (χ0) is 11.3. The van der Waals surface area contributed by atoms with Crippen molar-refractivity contribution in [1.29, 1.82) is 0 Å². The first kappa shape index (κ1) is 12.0. The Hall–Kier alpha value is -1.08. The summed E-state index contributed by atoms with van der Waals surface area (Å²) in [5, 5.41) is 0. The molecule has 0 amide bonds. The average molecular weight is 204 g/mol. The lowest BCUT2D eigenvalue weighted by Crippen LogP contribution is -2.48. The van der Waals surface area contributed by atoms with Gasteiger partial charge >= 0.3 is 0 Å². The number of rotatable bonds is 5. The maximum atomic E-state index is 3.85. The number of nitrogens with zero attached hydrogens (tertiary/aromatic N) is 1. The fourth-order valence-corrected chi connectivity index (χ4v) is 1.75. The molecule has 0 bridgehead atoms. The van der Waals surface area contributed by atoms with E-state index >= 15 is 0 Å². The molecule has 0 heterocycles. The summed E-state index contributed by atoms with van der Waals surface area (Å²) >= 11 is 0. The van der Waals surface area contributed by atoms with Gasteiger partial charge in [-0.15, -0.1) is 0 Å². The third kappa shape index (κ3) is 3.21. The van der Waals surface area contributed by atoms with Gasteiger partial charge in [-0.05, 0) is 19.9 Å². The van der Waals surface area contributed by atoms with E-state index in [-0.39, 0.29) is 0 Å². The number of likely N-dealkylation sites (N-methyl/N-ethyl adjacent to an activating group) is 1. The fraction of sp³-hybridized carbons (Fsp3) is 0.429. The van der Waals surface area contributed by atoms with Crippen LogP contribution in [0.25, 0.3) is 0 Å². The van der Waals surface area contributed by atoms with Crippen molar-refractivity contribution < 1.29 is 4.48 Å². The van der Waals surface area contributed by atoms with Crippen molar-refractivity contribution in [3.8, 4) is 0 Å². The van der Waals surface area contributed by atoms with Gasteiger partial charge in [0.2, 0.25) is 0 Å². The van der Waals surface area contributed by atoms with Crippen LogP contribution < -0.4 is 0 Å². The Kier molecular flexibility index (Phi) is 4.10. The van der Waals surface area contributed by atoms with Crippen LogP contribution in [-0.4, -0.2) is 24.1 Å². The molecule has 0 aliphatic rings. The molecule has 0 N–H and O–H groups in total. The van der Waals surface area contributed by atoms with E-state index in [1.165, 1.54) is 5.56 Å². The van der Waals surface area contributed by atoms with Gasteiger partial charge in [0.1, 0.15) is 6.54 Å². The van der Waals surface area contributed by atoms with E-state index in [2.05, 4.69) is 57.8 Å². The van der Waals surface area contributed by atoms with Crippen molar-refractivity contribution in [3.63, 3.8) is 0 Å². The molecule has 1 rings (SSSR count). The molecular formula is C14H22N+. The quantitative estimate of drug-likeness (QED) is 0.510. The highest BCUT2D eigenvalue weighted by Crippen LogP contribution is 2.16. The first-order valence-corrected chi connectivity index (χ1v) is 5.57. The SMILES string of the molecule is C=CC[N+](C)(Cc1ccccc1)C(C)C. The van der Waals surface area contributed by atoms with Gasteiger partial charge in [-0.3, -0.25) is 0 Å². The van der Waals surface area contributed by atoms with Crippen molar-refractivity contribution in [2.24, 2.45) is 0 Å². The molecular weight excluding hydrogens is 182 g/mol. The number of benzene rings is 1. The van der Waals surface area contributed by atoms with Gasteiger partial charge in [-0.25, -0.2) is 0 Å². The van der Waals surface area contributed by atoms with Gasteiger partial charge in [0.15, 0.2) is 0 Å². The van der Waals surface area contributed by atoms with Gasteiger partial charge in [0.25, 0.3) is 0 Å². The molecule has 0 aliphatic heterocycles. The molecule has 0 spiro atoms. The summed E-state index contributed by atoms with van der Waals surface area (Å²) in [5.41, 5.74) is 1.40. The molecule has 0 saturated carbocycles. The predicted molar refractivity (Wildman–Crippen MR) is 66.5 cm³/mol. The monoisotopic (exact) mass is 204 g/mol. The molecule has 1 unspecified atom stereocenters. The summed E-state index contributed by atoms with van der Waals surface area (Å²) in [5.74, 6) is 0. The molecule has 1 nitrogen and oxygen atoms in total. The second-order valence-electron chi connectivity index (χ2n) is 4.69. The topological polar surface area (TPSA) is 0 Å². The smallest absolute Gasteiger partial charge is 0.105 e. The van der Waals surface area contributed by atoms with E-state index in [0.29, 0.717) is 6.04 Å². The standard InChI is InChI=1S/C14H22N/c1-5-11-15(4,13(2)3)12-14-9-7-6-8-10-14/h5-10,13H,1,11-12H2,2-4H3/q+1. The van der Waals surface area contributed by atoms with Crippen LogP contribution in [0.2, 0.25) is 0 Å². The summed E-state index contributed by atoms with van der Waals surface area (Å²) in [6.45, 7) is 10.5. The largest absolute Gasteiger partial charge is 0.317 e. The second kappa shape index (κ2) is 5.13. The Balaban J connectivity index is 2.80. The van der Waals surface area contributed by atoms with Crippen LogP contribution in [0.4, 0.5) is 0 Å². The third-order valence-corrected chi connectivity index (χ3v) is 3.18. The Morgan fingerprint density at radius 1 is 1.27 bits per heavy atom. The Morgan fingerprint density at radius 2 is 1.87 bits per heavy atom. The first-order chi connectivity index (χ1) is 7.08. The van der Waals surface area contributed by atoms with Crippen LogP contribution in [-0.2, 0) is 6.54 Å².